The molecule has 0 atom stereocenters. The topological polar surface area (TPSA) is 35.6 Å². The number of halogens is 7. The Labute approximate surface area is 210 Å². The van der Waals surface area contributed by atoms with Crippen LogP contribution in [0, 0.1) is 32.7 Å². The van der Waals surface area contributed by atoms with Gasteiger partial charge in [-0.05, 0) is 52.9 Å². The molecule has 0 aliphatic carbocycles. The number of rotatable bonds is 4. The molecule has 1 N–H and O–H groups in total. The van der Waals surface area contributed by atoms with Crippen LogP contribution in [-0.4, -0.2) is 32.1 Å². The Hall–Kier alpha value is -2.60. The van der Waals surface area contributed by atoms with Crippen molar-refractivity contribution in [3.8, 4) is 0 Å². The van der Waals surface area contributed by atoms with Crippen molar-refractivity contribution in [2.24, 2.45) is 0 Å². The average Bonchev–Trinajstić information content (AvgIpc) is 2.82. The van der Waals surface area contributed by atoms with Crippen molar-refractivity contribution >= 4 is 57.2 Å². The van der Waals surface area contributed by atoms with Crippen molar-refractivity contribution in [3.05, 3.63) is 85.7 Å². The maximum atomic E-state index is 14.1. The van der Waals surface area contributed by atoms with E-state index in [4.69, 9.17) is 11.6 Å². The Morgan fingerprint density at radius 2 is 1.38 bits per heavy atom. The van der Waals surface area contributed by atoms with Crippen LogP contribution in [0.15, 0.2) is 42.5 Å². The van der Waals surface area contributed by atoms with Crippen LogP contribution in [-0.2, 0) is 0 Å². The van der Waals surface area contributed by atoms with Gasteiger partial charge in [0, 0.05) is 35.4 Å². The third-order valence-corrected chi connectivity index (χ3v) is 6.69. The first-order valence-electron chi connectivity index (χ1n) is 10.1. The third kappa shape index (κ3) is 4.65. The number of nitrogens with one attached hydrogen (secondary N) is 1. The van der Waals surface area contributed by atoms with Crippen molar-refractivity contribution in [1.82, 2.24) is 0 Å². The lowest BCUT2D eigenvalue weighted by Gasteiger charge is -2.38. The molecule has 11 heteroatoms. The van der Waals surface area contributed by atoms with Crippen LogP contribution < -0.4 is 15.1 Å². The Bertz CT molecular complexity index is 1240. The second-order valence-electron chi connectivity index (χ2n) is 7.49. The molecule has 178 valence electrons. The number of piperazine rings is 1. The number of benzene rings is 3. The summed E-state index contributed by atoms with van der Waals surface area (Å²) < 4.78 is 69.5. The number of carbonyl (C=O) groups excluding carboxylic acids is 1. The van der Waals surface area contributed by atoms with E-state index in [0.717, 1.165) is 8.47 Å². The molecule has 0 bridgehead atoms. The highest BCUT2D eigenvalue weighted by molar-refractivity contribution is 14.1. The lowest BCUT2D eigenvalue weighted by Crippen LogP contribution is -2.47. The molecule has 34 heavy (non-hydrogen) atoms. The Balaban J connectivity index is 1.46. The van der Waals surface area contributed by atoms with Gasteiger partial charge in [0.25, 0.3) is 5.91 Å². The van der Waals surface area contributed by atoms with Crippen LogP contribution in [0.1, 0.15) is 10.4 Å². The number of nitrogens with zero attached hydrogens (tertiary/aromatic N) is 2. The van der Waals surface area contributed by atoms with Gasteiger partial charge in [0.1, 0.15) is 5.69 Å². The first kappa shape index (κ1) is 24.5. The van der Waals surface area contributed by atoms with Crippen LogP contribution >= 0.6 is 34.2 Å². The van der Waals surface area contributed by atoms with E-state index in [2.05, 4.69) is 27.9 Å². The monoisotopic (exact) mass is 607 g/mol. The Morgan fingerprint density at radius 1 is 0.824 bits per heavy atom. The van der Waals surface area contributed by atoms with E-state index in [1.165, 1.54) is 0 Å². The predicted octanol–water partition coefficient (Wildman–Crippen LogP) is 6.22. The summed E-state index contributed by atoms with van der Waals surface area (Å²) in [5, 5.41) is 3.12. The summed E-state index contributed by atoms with van der Waals surface area (Å²) in [4.78, 5) is 15.5. The molecule has 1 aliphatic heterocycles. The average molecular weight is 608 g/mol. The standard InChI is InChI=1S/C23H16ClF5IN3O/c24-14-11-12(31-23(34)13-3-1-2-4-15(13)30)5-6-16(14)32-7-9-33(10-8-32)22-20(28)18(26)17(25)19(27)21(22)29/h1-6,11H,7-10H2,(H,31,34). The highest BCUT2D eigenvalue weighted by Crippen LogP contribution is 2.33. The Morgan fingerprint density at radius 3 is 1.97 bits per heavy atom. The maximum Gasteiger partial charge on any atom is 0.256 e. The lowest BCUT2D eigenvalue weighted by molar-refractivity contribution is 0.102. The smallest absolute Gasteiger partial charge is 0.256 e. The van der Waals surface area contributed by atoms with Gasteiger partial charge in [0.15, 0.2) is 23.3 Å². The van der Waals surface area contributed by atoms with Crippen molar-refractivity contribution in [3.63, 3.8) is 0 Å². The molecular weight excluding hydrogens is 592 g/mol. The van der Waals surface area contributed by atoms with E-state index >= 15 is 0 Å². The summed E-state index contributed by atoms with van der Waals surface area (Å²) in [5.74, 6) is -10.1. The summed E-state index contributed by atoms with van der Waals surface area (Å²) >= 11 is 8.49. The molecule has 0 aromatic heterocycles. The van der Waals surface area contributed by atoms with E-state index in [0.29, 0.717) is 22.0 Å². The molecule has 0 saturated carbocycles. The third-order valence-electron chi connectivity index (χ3n) is 5.45. The molecule has 1 saturated heterocycles. The van der Waals surface area contributed by atoms with Gasteiger partial charge in [-0.25, -0.2) is 22.0 Å². The molecular formula is C23H16ClF5IN3O. The number of anilines is 3. The highest BCUT2D eigenvalue weighted by Gasteiger charge is 2.31. The zero-order chi connectivity index (χ0) is 24.6. The summed E-state index contributed by atoms with van der Waals surface area (Å²) in [6.07, 6.45) is 0. The summed E-state index contributed by atoms with van der Waals surface area (Å²) in [6, 6.07) is 12.1. The van der Waals surface area contributed by atoms with Gasteiger partial charge in [0.2, 0.25) is 5.82 Å². The predicted molar refractivity (Wildman–Crippen MR) is 129 cm³/mol. The van der Waals surface area contributed by atoms with Crippen molar-refractivity contribution in [1.29, 1.82) is 0 Å². The minimum absolute atomic E-state index is 0.0135. The number of carbonyl (C=O) groups is 1. The zero-order valence-corrected chi connectivity index (χ0v) is 20.2. The fourth-order valence-electron chi connectivity index (χ4n) is 3.73. The first-order valence-corrected chi connectivity index (χ1v) is 11.5. The van der Waals surface area contributed by atoms with Crippen LogP contribution in [0.3, 0.4) is 0 Å². The van der Waals surface area contributed by atoms with Crippen LogP contribution in [0.4, 0.5) is 39.0 Å². The van der Waals surface area contributed by atoms with Crippen LogP contribution in [0.25, 0.3) is 0 Å². The molecule has 4 nitrogen and oxygen atoms in total. The van der Waals surface area contributed by atoms with Crippen molar-refractivity contribution in [2.75, 3.05) is 41.3 Å². The van der Waals surface area contributed by atoms with E-state index < -0.39 is 34.8 Å². The molecule has 0 spiro atoms. The normalized spacial score (nSPS) is 13.9. The first-order chi connectivity index (χ1) is 16.2. The van der Waals surface area contributed by atoms with E-state index in [1.54, 1.807) is 30.3 Å². The lowest BCUT2D eigenvalue weighted by atomic mass is 10.1. The van der Waals surface area contributed by atoms with Crippen LogP contribution in [0.2, 0.25) is 5.02 Å². The van der Waals surface area contributed by atoms with Gasteiger partial charge < -0.3 is 15.1 Å². The molecule has 1 amide bonds. The van der Waals surface area contributed by atoms with E-state index in [9.17, 15) is 26.7 Å². The number of amides is 1. The molecule has 1 heterocycles. The summed E-state index contributed by atoms with van der Waals surface area (Å²) in [6.45, 7) is 0.486. The summed E-state index contributed by atoms with van der Waals surface area (Å²) in [5.41, 5.74) is 0.688. The molecule has 3 aromatic carbocycles. The Kier molecular flexibility index (Phi) is 7.17. The van der Waals surface area contributed by atoms with Gasteiger partial charge in [-0.1, -0.05) is 23.7 Å². The second kappa shape index (κ2) is 9.95. The van der Waals surface area contributed by atoms with Gasteiger partial charge in [-0.3, -0.25) is 4.79 Å². The quantitative estimate of drug-likeness (QED) is 0.166. The van der Waals surface area contributed by atoms with E-state index in [1.807, 2.05) is 17.0 Å². The van der Waals surface area contributed by atoms with Crippen LogP contribution in [0.5, 0.6) is 0 Å². The molecule has 4 rings (SSSR count). The molecule has 1 fully saturated rings. The minimum Gasteiger partial charge on any atom is -0.367 e. The van der Waals surface area contributed by atoms with Crippen molar-refractivity contribution < 1.29 is 26.7 Å². The highest BCUT2D eigenvalue weighted by atomic mass is 127. The molecule has 0 unspecified atom stereocenters. The van der Waals surface area contributed by atoms with Gasteiger partial charge in [0.05, 0.1) is 16.3 Å². The fourth-order valence-corrected chi connectivity index (χ4v) is 4.66. The van der Waals surface area contributed by atoms with Gasteiger partial charge >= 0.3 is 0 Å². The largest absolute Gasteiger partial charge is 0.367 e. The number of hydrogen-bond donors (Lipinski definition) is 1. The maximum absolute atomic E-state index is 14.1. The molecule has 1 aliphatic rings. The van der Waals surface area contributed by atoms with Gasteiger partial charge in [-0.2, -0.15) is 0 Å². The second-order valence-corrected chi connectivity index (χ2v) is 9.06. The summed E-state index contributed by atoms with van der Waals surface area (Å²) in [7, 11) is 0. The fraction of sp³-hybridized carbons (Fsp3) is 0.174. The van der Waals surface area contributed by atoms with Gasteiger partial charge in [-0.15, -0.1) is 0 Å². The zero-order valence-electron chi connectivity index (χ0n) is 17.3. The molecule has 3 aromatic rings. The van der Waals surface area contributed by atoms with Crippen molar-refractivity contribution in [2.45, 2.75) is 0 Å². The van der Waals surface area contributed by atoms with E-state index in [-0.39, 0.29) is 32.1 Å². The minimum atomic E-state index is -2.18. The SMILES string of the molecule is O=C(Nc1ccc(N2CCN(c3c(F)c(F)c(F)c(F)c3F)CC2)c(Cl)c1)c1ccccc1I. The number of hydrogen-bond acceptors (Lipinski definition) is 3. The molecule has 0 radical (unpaired) electrons.